The molecule has 0 spiro atoms. The average Bonchev–Trinajstić information content (AvgIpc) is 0.849. The lowest BCUT2D eigenvalue weighted by molar-refractivity contribution is -0.461. The highest BCUT2D eigenvalue weighted by molar-refractivity contribution is 7.98. The van der Waals surface area contributed by atoms with Crippen molar-refractivity contribution in [2.75, 3.05) is 11.5 Å². The Morgan fingerprint density at radius 1 is 0.365 bits per heavy atom. The summed E-state index contributed by atoms with van der Waals surface area (Å²) < 4.78 is 473. The van der Waals surface area contributed by atoms with Crippen LogP contribution in [-0.4, -0.2) is 113 Å². The van der Waals surface area contributed by atoms with E-state index in [1.54, 1.807) is 0 Å². The number of alkyl halides is 34. The van der Waals surface area contributed by atoms with Gasteiger partial charge in [0.2, 0.25) is 0 Å². The quantitative estimate of drug-likeness (QED) is 0.0284. The normalized spacial score (nSPS) is 15.1. The van der Waals surface area contributed by atoms with Gasteiger partial charge in [-0.05, 0) is 36.0 Å². The number of halogens is 34. The molecule has 0 aliphatic heterocycles. The fourth-order valence-electron chi connectivity index (χ4n) is 7.55. The summed E-state index contributed by atoms with van der Waals surface area (Å²) in [4.78, 5) is 12.9. The van der Waals surface area contributed by atoms with Gasteiger partial charge in [-0.1, -0.05) is 109 Å². The number of unbranched alkanes of at least 4 members (excludes halogenated alkanes) is 14. The Bertz CT molecular complexity index is 2260. The summed E-state index contributed by atoms with van der Waals surface area (Å²) in [6.07, 6.45) is -8.83. The van der Waals surface area contributed by atoms with E-state index in [0.717, 1.165) is 90.0 Å². The minimum atomic E-state index is -8.91. The number of aryl methyl sites for hydroxylation is 1. The number of benzene rings is 1. The van der Waals surface area contributed by atoms with E-state index in [-0.39, 0.29) is 35.5 Å². The van der Waals surface area contributed by atoms with Crippen LogP contribution in [-0.2, 0) is 16.3 Å². The predicted octanol–water partition coefficient (Wildman–Crippen LogP) is 21.4. The molecule has 0 atom stereocenters. The highest BCUT2D eigenvalue weighted by Gasteiger charge is 2.97. The monoisotopic (exact) mass is 1360 g/mol. The van der Waals surface area contributed by atoms with E-state index in [1.807, 2.05) is 0 Å². The number of esters is 1. The molecule has 0 heterocycles. The SMILES string of the molecule is CCCCCCCCCCCCCCCCCC(=O)Oc1c(C)cc(CSCCC(F)(F)C(F)(F)C(F)(F)C(F)(F)C(F)(F)C(F)(F)C(F)(F)C(F)(F)F)cc1CSCCC(F)(F)C(F)(F)C(F)(F)C(F)(F)C(F)(F)C(F)(F)C(F)(F)C(F)(F)F. The second kappa shape index (κ2) is 28.5. The van der Waals surface area contributed by atoms with Gasteiger partial charge in [-0.25, -0.2) is 0 Å². The fourth-order valence-corrected chi connectivity index (χ4v) is 9.48. The summed E-state index contributed by atoms with van der Waals surface area (Å²) in [6, 6.07) is 1.57. The van der Waals surface area contributed by atoms with Crippen molar-refractivity contribution in [1.82, 2.24) is 0 Å². The third-order valence-electron chi connectivity index (χ3n) is 12.8. The summed E-state index contributed by atoms with van der Waals surface area (Å²) in [5.74, 6) is -124. The van der Waals surface area contributed by atoms with Gasteiger partial charge in [-0.15, -0.1) is 0 Å². The van der Waals surface area contributed by atoms with E-state index in [9.17, 15) is 154 Å². The molecule has 0 amide bonds. The Morgan fingerprint density at radius 2 is 0.635 bits per heavy atom. The Balaban J connectivity index is 3.45. The van der Waals surface area contributed by atoms with Crippen molar-refractivity contribution in [2.45, 2.75) is 236 Å². The lowest BCUT2D eigenvalue weighted by Gasteiger charge is -2.42. The summed E-state index contributed by atoms with van der Waals surface area (Å²) >= 11 is -0.396. The van der Waals surface area contributed by atoms with E-state index in [2.05, 4.69) is 6.92 Å². The molecule has 0 fully saturated rings. The van der Waals surface area contributed by atoms with Crippen molar-refractivity contribution in [3.8, 4) is 5.75 Å². The molecule has 0 saturated carbocycles. The Labute approximate surface area is 470 Å². The molecule has 1 aromatic rings. The summed E-state index contributed by atoms with van der Waals surface area (Å²) in [5, 5.41) is 0. The van der Waals surface area contributed by atoms with E-state index in [1.165, 1.54) is 0 Å². The van der Waals surface area contributed by atoms with Gasteiger partial charge < -0.3 is 4.74 Å². The zero-order chi connectivity index (χ0) is 67.0. The van der Waals surface area contributed by atoms with Crippen LogP contribution in [0.3, 0.4) is 0 Å². The van der Waals surface area contributed by atoms with Gasteiger partial charge >= 0.3 is 101 Å². The number of hydrogen-bond donors (Lipinski definition) is 0. The number of hydrogen-bond acceptors (Lipinski definition) is 4. The smallest absolute Gasteiger partial charge is 0.426 e. The molecule has 0 aliphatic carbocycles. The third kappa shape index (κ3) is 16.3. The Morgan fingerprint density at radius 3 is 0.941 bits per heavy atom. The highest BCUT2D eigenvalue weighted by Crippen LogP contribution is 2.66. The topological polar surface area (TPSA) is 26.3 Å². The second-order valence-corrected chi connectivity index (χ2v) is 21.7. The van der Waals surface area contributed by atoms with E-state index in [4.69, 9.17) is 4.74 Å². The van der Waals surface area contributed by atoms with Crippen molar-refractivity contribution in [3.63, 3.8) is 0 Å². The minimum Gasteiger partial charge on any atom is -0.426 e. The van der Waals surface area contributed by atoms with Crippen LogP contribution in [0.15, 0.2) is 12.1 Å². The van der Waals surface area contributed by atoms with E-state index < -0.39 is 160 Å². The van der Waals surface area contributed by atoms with Crippen LogP contribution in [0, 0.1) is 6.92 Å². The lowest BCUT2D eigenvalue weighted by atomic mass is 9.88. The fraction of sp³-hybridized carbons (Fsp3) is 0.851. The van der Waals surface area contributed by atoms with Gasteiger partial charge in [0, 0.05) is 36.3 Å². The molecular weight excluding hydrogens is 1310 g/mol. The molecule has 0 radical (unpaired) electrons. The van der Waals surface area contributed by atoms with Crippen molar-refractivity contribution in [3.05, 3.63) is 28.8 Å². The lowest BCUT2D eigenvalue weighted by Crippen LogP contribution is -2.74. The second-order valence-electron chi connectivity index (χ2n) is 19.5. The standard InChI is InChI=1S/C47H52F34O2S2/c1-3-4-5-6-7-8-9-10-11-12-13-14-15-16-17-18-30(82)83-31-27(2)23-28(25-84-21-19-32(48,49)34(52,53)36(56,57)38(60,61)40(64,65)42(68,69)44(72,73)46(76,77)78)24-29(31)26-85-22-20-33(50,51)35(54,55)37(58,59)39(62,63)41(66,67)43(70,71)45(74,75)47(79,80)81/h23-24H,3-22,25-26H2,1-2H3. The Hall–Kier alpha value is -2.99. The van der Waals surface area contributed by atoms with Crippen LogP contribution in [0.25, 0.3) is 0 Å². The van der Waals surface area contributed by atoms with E-state index in [0.29, 0.717) is 18.9 Å². The van der Waals surface area contributed by atoms with Gasteiger partial charge in [-0.2, -0.15) is 173 Å². The minimum absolute atomic E-state index is 0.117. The van der Waals surface area contributed by atoms with Crippen molar-refractivity contribution < 1.29 is 159 Å². The number of ether oxygens (including phenoxy) is 1. The summed E-state index contributed by atoms with van der Waals surface area (Å²) in [5.41, 5.74) is -1.30. The van der Waals surface area contributed by atoms with Crippen molar-refractivity contribution >= 4 is 29.5 Å². The molecule has 1 aromatic carbocycles. The first-order valence-electron chi connectivity index (χ1n) is 24.8. The zero-order valence-electron chi connectivity index (χ0n) is 43.7. The van der Waals surface area contributed by atoms with Crippen LogP contribution in [0.5, 0.6) is 5.75 Å². The number of carbonyl (C=O) groups is 1. The molecule has 2 nitrogen and oxygen atoms in total. The van der Waals surface area contributed by atoms with Crippen LogP contribution >= 0.6 is 23.5 Å². The van der Waals surface area contributed by atoms with Gasteiger partial charge in [0.05, 0.1) is 0 Å². The van der Waals surface area contributed by atoms with Crippen molar-refractivity contribution in [1.29, 1.82) is 0 Å². The first-order valence-corrected chi connectivity index (χ1v) is 27.1. The number of rotatable bonds is 39. The zero-order valence-corrected chi connectivity index (χ0v) is 45.3. The first kappa shape index (κ1) is 80.0. The molecule has 38 heteroatoms. The number of carbonyl (C=O) groups excluding carboxylic acids is 1. The predicted molar refractivity (Wildman–Crippen MR) is 239 cm³/mol. The molecule has 85 heavy (non-hydrogen) atoms. The maximum Gasteiger partial charge on any atom is 0.460 e. The maximum absolute atomic E-state index is 14.7. The molecule has 502 valence electrons. The van der Waals surface area contributed by atoms with Crippen LogP contribution in [0.2, 0.25) is 0 Å². The van der Waals surface area contributed by atoms with E-state index >= 15 is 0 Å². The third-order valence-corrected chi connectivity index (χ3v) is 14.9. The first-order chi connectivity index (χ1) is 37.9. The maximum atomic E-state index is 14.7. The molecule has 0 saturated heterocycles. The molecule has 1 rings (SSSR count). The molecular formula is C47H52F34O2S2. The van der Waals surface area contributed by atoms with Gasteiger partial charge in [-0.3, -0.25) is 4.79 Å². The molecule has 0 N–H and O–H groups in total. The largest absolute Gasteiger partial charge is 0.460 e. The highest BCUT2D eigenvalue weighted by atomic mass is 32.2. The average molecular weight is 1360 g/mol. The molecule has 0 aliphatic rings. The molecule has 0 unspecified atom stereocenters. The summed E-state index contributed by atoms with van der Waals surface area (Å²) in [6.45, 7) is 3.08. The number of thioether (sulfide) groups is 2. The van der Waals surface area contributed by atoms with Gasteiger partial charge in [0.25, 0.3) is 0 Å². The van der Waals surface area contributed by atoms with Gasteiger partial charge in [0.1, 0.15) is 5.75 Å². The van der Waals surface area contributed by atoms with Crippen LogP contribution in [0.1, 0.15) is 139 Å². The van der Waals surface area contributed by atoms with Crippen molar-refractivity contribution in [2.24, 2.45) is 0 Å². The Kier molecular flexibility index (Phi) is 26.8. The molecule has 0 bridgehead atoms. The summed E-state index contributed by atoms with van der Waals surface area (Å²) in [7, 11) is 0. The molecule has 0 aromatic heterocycles. The van der Waals surface area contributed by atoms with Crippen LogP contribution in [0.4, 0.5) is 149 Å². The van der Waals surface area contributed by atoms with Crippen LogP contribution < -0.4 is 4.74 Å². The van der Waals surface area contributed by atoms with Gasteiger partial charge in [0.15, 0.2) is 0 Å².